The van der Waals surface area contributed by atoms with E-state index in [-0.39, 0.29) is 12.2 Å². The molecule has 1 N–H and O–H groups in total. The maximum atomic E-state index is 12.8. The number of imidazole rings is 1. The number of rotatable bonds is 9. The van der Waals surface area contributed by atoms with E-state index in [1.54, 1.807) is 18.3 Å². The molecule has 0 saturated carbocycles. The van der Waals surface area contributed by atoms with Crippen LogP contribution >= 0.6 is 0 Å². The Morgan fingerprint density at radius 1 is 1.16 bits per heavy atom. The van der Waals surface area contributed by atoms with Gasteiger partial charge in [-0.15, -0.1) is 0 Å². The van der Waals surface area contributed by atoms with Crippen LogP contribution in [0.2, 0.25) is 0 Å². The summed E-state index contributed by atoms with van der Waals surface area (Å²) in [6, 6.07) is 12.4. The standard InChI is InChI=1S/C22H26N4O5S/c1-16-23-11-12-25(16)19-8-6-5-7-17(19)14-24-22(27)15-26(32(4,28)29)20-13-18(30-2)9-10-21(20)31-3/h5-13H,14-15H2,1-4H3,(H,24,27). The fourth-order valence-corrected chi connectivity index (χ4v) is 4.13. The number of benzene rings is 2. The molecular weight excluding hydrogens is 432 g/mol. The van der Waals surface area contributed by atoms with Gasteiger partial charge in [-0.1, -0.05) is 18.2 Å². The van der Waals surface area contributed by atoms with Crippen LogP contribution in [-0.2, 0) is 21.4 Å². The number of ether oxygens (including phenoxy) is 2. The van der Waals surface area contributed by atoms with Crippen molar-refractivity contribution in [2.45, 2.75) is 13.5 Å². The van der Waals surface area contributed by atoms with E-state index in [4.69, 9.17) is 9.47 Å². The van der Waals surface area contributed by atoms with Crippen LogP contribution in [0.15, 0.2) is 54.9 Å². The van der Waals surface area contributed by atoms with E-state index in [1.807, 2.05) is 42.0 Å². The molecule has 1 heterocycles. The second kappa shape index (κ2) is 9.73. The number of carbonyl (C=O) groups excluding carboxylic acids is 1. The molecule has 0 radical (unpaired) electrons. The summed E-state index contributed by atoms with van der Waals surface area (Å²) in [6.07, 6.45) is 4.59. The van der Waals surface area contributed by atoms with Crippen LogP contribution in [0.4, 0.5) is 5.69 Å². The van der Waals surface area contributed by atoms with Gasteiger partial charge in [0, 0.05) is 25.0 Å². The molecule has 32 heavy (non-hydrogen) atoms. The van der Waals surface area contributed by atoms with Gasteiger partial charge in [0.15, 0.2) is 0 Å². The molecule has 0 spiro atoms. The maximum Gasteiger partial charge on any atom is 0.241 e. The molecule has 10 heteroatoms. The van der Waals surface area contributed by atoms with E-state index in [2.05, 4.69) is 10.3 Å². The first kappa shape index (κ1) is 23.1. The van der Waals surface area contributed by atoms with Crippen LogP contribution in [0.3, 0.4) is 0 Å². The van der Waals surface area contributed by atoms with E-state index in [9.17, 15) is 13.2 Å². The summed E-state index contributed by atoms with van der Waals surface area (Å²) < 4.78 is 38.4. The molecule has 2 aromatic carbocycles. The van der Waals surface area contributed by atoms with Crippen molar-refractivity contribution in [1.82, 2.24) is 14.9 Å². The number of anilines is 1. The predicted octanol–water partition coefficient (Wildman–Crippen LogP) is 2.28. The summed E-state index contributed by atoms with van der Waals surface area (Å²) in [4.78, 5) is 17.0. The number of nitrogens with one attached hydrogen (secondary N) is 1. The minimum atomic E-state index is -3.78. The van der Waals surface area contributed by atoms with Crippen LogP contribution in [0, 0.1) is 6.92 Å². The number of aromatic nitrogens is 2. The summed E-state index contributed by atoms with van der Waals surface area (Å²) in [5, 5.41) is 2.81. The van der Waals surface area contributed by atoms with Gasteiger partial charge in [0.05, 0.1) is 31.9 Å². The van der Waals surface area contributed by atoms with E-state index in [1.165, 1.54) is 20.3 Å². The molecular formula is C22H26N4O5S. The van der Waals surface area contributed by atoms with E-state index in [0.29, 0.717) is 11.5 Å². The molecule has 0 saturated heterocycles. The van der Waals surface area contributed by atoms with Gasteiger partial charge < -0.3 is 19.4 Å². The fourth-order valence-electron chi connectivity index (χ4n) is 3.28. The minimum Gasteiger partial charge on any atom is -0.497 e. The van der Waals surface area contributed by atoms with Gasteiger partial charge in [-0.3, -0.25) is 9.10 Å². The van der Waals surface area contributed by atoms with Crippen molar-refractivity contribution < 1.29 is 22.7 Å². The fraction of sp³-hybridized carbons (Fsp3) is 0.273. The van der Waals surface area contributed by atoms with E-state index >= 15 is 0 Å². The molecule has 0 aliphatic carbocycles. The second-order valence-corrected chi connectivity index (χ2v) is 8.96. The lowest BCUT2D eigenvalue weighted by molar-refractivity contribution is -0.119. The van der Waals surface area contributed by atoms with Crippen LogP contribution in [0.5, 0.6) is 11.5 Å². The number of methoxy groups -OCH3 is 2. The van der Waals surface area contributed by atoms with Crippen LogP contribution < -0.4 is 19.1 Å². The highest BCUT2D eigenvalue weighted by Gasteiger charge is 2.24. The first-order valence-corrected chi connectivity index (χ1v) is 11.6. The Kier molecular flexibility index (Phi) is 7.04. The molecule has 0 aliphatic rings. The smallest absolute Gasteiger partial charge is 0.241 e. The number of hydrogen-bond acceptors (Lipinski definition) is 6. The van der Waals surface area contributed by atoms with Crippen LogP contribution in [0.25, 0.3) is 5.69 Å². The van der Waals surface area contributed by atoms with Crippen molar-refractivity contribution >= 4 is 21.6 Å². The average Bonchev–Trinajstić information content (AvgIpc) is 3.20. The first-order valence-electron chi connectivity index (χ1n) is 9.79. The predicted molar refractivity (Wildman–Crippen MR) is 122 cm³/mol. The highest BCUT2D eigenvalue weighted by atomic mass is 32.2. The highest BCUT2D eigenvalue weighted by Crippen LogP contribution is 2.33. The van der Waals surface area contributed by atoms with Gasteiger partial charge in [0.25, 0.3) is 0 Å². The summed E-state index contributed by atoms with van der Waals surface area (Å²) in [5.41, 5.74) is 1.97. The molecule has 0 aliphatic heterocycles. The van der Waals surface area contributed by atoms with E-state index in [0.717, 1.165) is 27.6 Å². The molecule has 0 bridgehead atoms. The lowest BCUT2D eigenvalue weighted by atomic mass is 10.1. The summed E-state index contributed by atoms with van der Waals surface area (Å²) >= 11 is 0. The average molecular weight is 459 g/mol. The third kappa shape index (κ3) is 5.20. The number of nitrogens with zero attached hydrogens (tertiary/aromatic N) is 3. The van der Waals surface area contributed by atoms with Crippen molar-refractivity contribution in [1.29, 1.82) is 0 Å². The summed E-state index contributed by atoms with van der Waals surface area (Å²) in [6.45, 7) is 1.70. The number of para-hydroxylation sites is 1. The molecule has 9 nitrogen and oxygen atoms in total. The zero-order valence-electron chi connectivity index (χ0n) is 18.4. The van der Waals surface area contributed by atoms with E-state index < -0.39 is 22.5 Å². The number of aryl methyl sites for hydroxylation is 1. The van der Waals surface area contributed by atoms with Crippen molar-refractivity contribution in [3.63, 3.8) is 0 Å². The van der Waals surface area contributed by atoms with Crippen LogP contribution in [0.1, 0.15) is 11.4 Å². The van der Waals surface area contributed by atoms with Gasteiger partial charge in [0.2, 0.25) is 15.9 Å². The zero-order chi connectivity index (χ0) is 23.3. The van der Waals surface area contributed by atoms with Crippen LogP contribution in [-0.4, -0.2) is 50.9 Å². The van der Waals surface area contributed by atoms with Crippen molar-refractivity contribution in [3.05, 3.63) is 66.2 Å². The Hall–Kier alpha value is -3.53. The summed E-state index contributed by atoms with van der Waals surface area (Å²) in [7, 11) is -0.872. The third-order valence-corrected chi connectivity index (χ3v) is 6.02. The van der Waals surface area contributed by atoms with Crippen molar-refractivity contribution in [2.75, 3.05) is 31.3 Å². The Bertz CT molecular complexity index is 1210. The van der Waals surface area contributed by atoms with Gasteiger partial charge in [-0.25, -0.2) is 13.4 Å². The molecule has 170 valence electrons. The van der Waals surface area contributed by atoms with Gasteiger partial charge in [-0.2, -0.15) is 0 Å². The molecule has 0 fully saturated rings. The molecule has 3 rings (SSSR count). The lowest BCUT2D eigenvalue weighted by Gasteiger charge is -2.24. The number of carbonyl (C=O) groups is 1. The lowest BCUT2D eigenvalue weighted by Crippen LogP contribution is -2.40. The normalized spacial score (nSPS) is 11.1. The number of hydrogen-bond donors (Lipinski definition) is 1. The summed E-state index contributed by atoms with van der Waals surface area (Å²) in [5.74, 6) is 1.11. The monoisotopic (exact) mass is 458 g/mol. The quantitative estimate of drug-likeness (QED) is 0.528. The molecule has 1 aromatic heterocycles. The van der Waals surface area contributed by atoms with Crippen molar-refractivity contribution in [3.8, 4) is 17.2 Å². The highest BCUT2D eigenvalue weighted by molar-refractivity contribution is 7.92. The zero-order valence-corrected chi connectivity index (χ0v) is 19.2. The third-order valence-electron chi connectivity index (χ3n) is 4.90. The molecule has 3 aromatic rings. The number of sulfonamides is 1. The Morgan fingerprint density at radius 3 is 2.53 bits per heavy atom. The van der Waals surface area contributed by atoms with Gasteiger partial charge in [0.1, 0.15) is 23.9 Å². The Labute approximate surface area is 187 Å². The topological polar surface area (TPSA) is 103 Å². The van der Waals surface area contributed by atoms with Gasteiger partial charge >= 0.3 is 0 Å². The Balaban J connectivity index is 1.81. The molecule has 0 atom stereocenters. The minimum absolute atomic E-state index is 0.221. The molecule has 0 unspecified atom stereocenters. The van der Waals surface area contributed by atoms with Crippen molar-refractivity contribution in [2.24, 2.45) is 0 Å². The Morgan fingerprint density at radius 2 is 1.91 bits per heavy atom. The van der Waals surface area contributed by atoms with Gasteiger partial charge in [-0.05, 0) is 30.7 Å². The largest absolute Gasteiger partial charge is 0.497 e. The SMILES string of the molecule is COc1ccc(OC)c(N(CC(=O)NCc2ccccc2-n2ccnc2C)S(C)(=O)=O)c1. The molecule has 1 amide bonds. The second-order valence-electron chi connectivity index (χ2n) is 7.06. The first-order chi connectivity index (χ1) is 15.2. The number of amides is 1. The maximum absolute atomic E-state index is 12.8.